The van der Waals surface area contributed by atoms with Gasteiger partial charge < -0.3 is 25.2 Å². The number of ether oxygens (including phenoxy) is 1. The SMILES string of the molecule is CC(CC(=O)O)OC(=O)CC(O)(CC(=O)O)C(=O)O. The van der Waals surface area contributed by atoms with Gasteiger partial charge in [-0.1, -0.05) is 0 Å². The van der Waals surface area contributed by atoms with Crippen LogP contribution in [0.1, 0.15) is 26.2 Å². The van der Waals surface area contributed by atoms with Crippen LogP contribution in [0.2, 0.25) is 0 Å². The number of aliphatic carboxylic acids is 3. The Morgan fingerprint density at radius 2 is 1.58 bits per heavy atom. The highest BCUT2D eigenvalue weighted by Gasteiger charge is 2.41. The van der Waals surface area contributed by atoms with Gasteiger partial charge in [0.25, 0.3) is 0 Å². The summed E-state index contributed by atoms with van der Waals surface area (Å²) in [5.74, 6) is -5.90. The third kappa shape index (κ3) is 6.36. The van der Waals surface area contributed by atoms with Crippen molar-refractivity contribution in [3.8, 4) is 0 Å². The van der Waals surface area contributed by atoms with E-state index in [1.165, 1.54) is 6.92 Å². The number of rotatable bonds is 8. The number of esters is 1. The molecule has 0 rings (SSSR count). The lowest BCUT2D eigenvalue weighted by molar-refractivity contribution is -0.173. The second-order valence-corrected chi connectivity index (χ2v) is 3.98. The predicted octanol–water partition coefficient (Wildman–Crippen LogP) is -0.927. The van der Waals surface area contributed by atoms with Gasteiger partial charge in [0.15, 0.2) is 5.60 Å². The van der Waals surface area contributed by atoms with Gasteiger partial charge in [-0.15, -0.1) is 0 Å². The third-order valence-electron chi connectivity index (χ3n) is 2.07. The fraction of sp³-hybridized carbons (Fsp3) is 0.600. The van der Waals surface area contributed by atoms with Gasteiger partial charge in [0.05, 0.1) is 19.3 Å². The van der Waals surface area contributed by atoms with Crippen molar-refractivity contribution in [2.75, 3.05) is 0 Å². The lowest BCUT2D eigenvalue weighted by Crippen LogP contribution is -2.43. The molecule has 0 spiro atoms. The van der Waals surface area contributed by atoms with Crippen LogP contribution in [0.5, 0.6) is 0 Å². The van der Waals surface area contributed by atoms with Crippen molar-refractivity contribution in [1.29, 1.82) is 0 Å². The lowest BCUT2D eigenvalue weighted by atomic mass is 9.96. The third-order valence-corrected chi connectivity index (χ3v) is 2.07. The maximum Gasteiger partial charge on any atom is 0.336 e. The van der Waals surface area contributed by atoms with Crippen molar-refractivity contribution in [1.82, 2.24) is 0 Å². The zero-order valence-electron chi connectivity index (χ0n) is 10.0. The Morgan fingerprint density at radius 1 is 1.05 bits per heavy atom. The van der Waals surface area contributed by atoms with E-state index in [2.05, 4.69) is 4.74 Å². The van der Waals surface area contributed by atoms with Gasteiger partial charge in [0.1, 0.15) is 6.10 Å². The molecule has 0 saturated carbocycles. The largest absolute Gasteiger partial charge is 0.481 e. The van der Waals surface area contributed by atoms with Crippen LogP contribution in [-0.4, -0.2) is 56.0 Å². The number of carbonyl (C=O) groups excluding carboxylic acids is 1. The zero-order chi connectivity index (χ0) is 15.2. The minimum atomic E-state index is -2.79. The summed E-state index contributed by atoms with van der Waals surface area (Å²) in [7, 11) is 0. The zero-order valence-corrected chi connectivity index (χ0v) is 10.0. The Morgan fingerprint density at radius 3 is 1.95 bits per heavy atom. The van der Waals surface area contributed by atoms with Gasteiger partial charge in [-0.25, -0.2) is 4.79 Å². The van der Waals surface area contributed by atoms with Crippen LogP contribution >= 0.6 is 0 Å². The molecule has 0 heterocycles. The molecule has 0 amide bonds. The fourth-order valence-electron chi connectivity index (χ4n) is 1.26. The summed E-state index contributed by atoms with van der Waals surface area (Å²) < 4.78 is 4.55. The molecule has 0 aliphatic rings. The van der Waals surface area contributed by atoms with Crippen molar-refractivity contribution in [3.05, 3.63) is 0 Å². The van der Waals surface area contributed by atoms with Gasteiger partial charge in [0, 0.05) is 0 Å². The Hall–Kier alpha value is -2.16. The Balaban J connectivity index is 4.60. The van der Waals surface area contributed by atoms with Crippen LogP contribution in [0.3, 0.4) is 0 Å². The first-order valence-electron chi connectivity index (χ1n) is 5.15. The van der Waals surface area contributed by atoms with Crippen molar-refractivity contribution in [3.63, 3.8) is 0 Å². The number of carbonyl (C=O) groups is 4. The quantitative estimate of drug-likeness (QED) is 0.411. The second kappa shape index (κ2) is 6.69. The van der Waals surface area contributed by atoms with Crippen molar-refractivity contribution in [2.24, 2.45) is 0 Å². The van der Waals surface area contributed by atoms with Crippen LogP contribution in [0.25, 0.3) is 0 Å². The Bertz CT molecular complexity index is 388. The minimum Gasteiger partial charge on any atom is -0.481 e. The molecule has 4 N–H and O–H groups in total. The minimum absolute atomic E-state index is 0.490. The van der Waals surface area contributed by atoms with Crippen LogP contribution in [0, 0.1) is 0 Å². The first-order valence-corrected chi connectivity index (χ1v) is 5.15. The van der Waals surface area contributed by atoms with Crippen molar-refractivity contribution in [2.45, 2.75) is 37.9 Å². The van der Waals surface area contributed by atoms with Crippen LogP contribution in [0.15, 0.2) is 0 Å². The van der Waals surface area contributed by atoms with E-state index in [-0.39, 0.29) is 0 Å². The van der Waals surface area contributed by atoms with Crippen LogP contribution < -0.4 is 0 Å². The van der Waals surface area contributed by atoms with Gasteiger partial charge in [-0.05, 0) is 6.92 Å². The fourth-order valence-corrected chi connectivity index (χ4v) is 1.26. The summed E-state index contributed by atoms with van der Waals surface area (Å²) in [4.78, 5) is 42.8. The molecule has 0 aliphatic carbocycles. The topological polar surface area (TPSA) is 158 Å². The maximum atomic E-state index is 11.3. The first-order chi connectivity index (χ1) is 8.56. The van der Waals surface area contributed by atoms with Gasteiger partial charge in [-0.2, -0.15) is 0 Å². The summed E-state index contributed by atoms with van der Waals surface area (Å²) in [6.07, 6.45) is -3.77. The molecule has 2 unspecified atom stereocenters. The van der Waals surface area contributed by atoms with E-state index in [1.54, 1.807) is 0 Å². The first kappa shape index (κ1) is 16.8. The molecule has 108 valence electrons. The molecule has 0 aliphatic heterocycles. The summed E-state index contributed by atoms with van der Waals surface area (Å²) >= 11 is 0. The highest BCUT2D eigenvalue weighted by atomic mass is 16.5. The van der Waals surface area contributed by atoms with Crippen molar-refractivity contribution >= 4 is 23.9 Å². The number of carboxylic acids is 3. The van der Waals surface area contributed by atoms with E-state index in [0.717, 1.165) is 0 Å². The van der Waals surface area contributed by atoms with Gasteiger partial charge in [0.2, 0.25) is 0 Å². The Kier molecular flexibility index (Phi) is 5.93. The predicted molar refractivity (Wildman–Crippen MR) is 57.3 cm³/mol. The summed E-state index contributed by atoms with van der Waals surface area (Å²) in [6.45, 7) is 1.27. The standard InChI is InChI=1S/C10H14O9/c1-5(2-6(11)12)19-8(15)4-10(18,9(16)17)3-7(13)14/h5,18H,2-4H2,1H3,(H,11,12)(H,13,14)(H,16,17). The van der Waals surface area contributed by atoms with E-state index in [0.29, 0.717) is 0 Å². The van der Waals surface area contributed by atoms with E-state index in [1.807, 2.05) is 0 Å². The molecule has 9 heteroatoms. The van der Waals surface area contributed by atoms with Crippen LogP contribution in [-0.2, 0) is 23.9 Å². The second-order valence-electron chi connectivity index (χ2n) is 3.98. The van der Waals surface area contributed by atoms with Gasteiger partial charge in [-0.3, -0.25) is 14.4 Å². The van der Waals surface area contributed by atoms with E-state index in [4.69, 9.17) is 15.3 Å². The average molecular weight is 278 g/mol. The van der Waals surface area contributed by atoms with Gasteiger partial charge >= 0.3 is 23.9 Å². The normalized spacial score (nSPS) is 15.1. The molecule has 0 fully saturated rings. The molecule has 0 radical (unpaired) electrons. The summed E-state index contributed by atoms with van der Waals surface area (Å²) in [5.41, 5.74) is -2.79. The molecular formula is C10H14O9. The highest BCUT2D eigenvalue weighted by Crippen LogP contribution is 2.17. The number of aliphatic hydroxyl groups is 1. The molecule has 0 aromatic heterocycles. The highest BCUT2D eigenvalue weighted by molar-refractivity contribution is 5.88. The average Bonchev–Trinajstić information content (AvgIpc) is 2.12. The van der Waals surface area contributed by atoms with E-state index < -0.39 is 54.8 Å². The molecule has 2 atom stereocenters. The molecule has 0 aromatic carbocycles. The molecular weight excluding hydrogens is 264 g/mol. The molecule has 19 heavy (non-hydrogen) atoms. The number of hydrogen-bond donors (Lipinski definition) is 4. The maximum absolute atomic E-state index is 11.3. The van der Waals surface area contributed by atoms with E-state index in [9.17, 15) is 24.3 Å². The summed E-state index contributed by atoms with van der Waals surface area (Å²) in [6, 6.07) is 0. The molecule has 9 nitrogen and oxygen atoms in total. The smallest absolute Gasteiger partial charge is 0.336 e. The number of carboxylic acid groups (broad SMARTS) is 3. The lowest BCUT2D eigenvalue weighted by Gasteiger charge is -2.21. The number of hydrogen-bond acceptors (Lipinski definition) is 6. The molecule has 0 bridgehead atoms. The molecule has 0 aromatic rings. The Labute approximate surface area is 107 Å². The van der Waals surface area contributed by atoms with Crippen LogP contribution in [0.4, 0.5) is 0 Å². The summed E-state index contributed by atoms with van der Waals surface area (Å²) in [5, 5.41) is 35.1. The van der Waals surface area contributed by atoms with Crippen molar-refractivity contribution < 1.29 is 44.3 Å². The van der Waals surface area contributed by atoms with E-state index >= 15 is 0 Å². The monoisotopic (exact) mass is 278 g/mol. The molecule has 0 saturated heterocycles.